The second kappa shape index (κ2) is 6.57. The van der Waals surface area contributed by atoms with E-state index < -0.39 is 56.6 Å². The van der Waals surface area contributed by atoms with Gasteiger partial charge in [0.15, 0.2) is 6.29 Å². The summed E-state index contributed by atoms with van der Waals surface area (Å²) in [5.74, 6) is 0. The van der Waals surface area contributed by atoms with E-state index in [4.69, 9.17) is 24.8 Å². The molecule has 1 heterocycles. The number of aliphatic hydroxyl groups excluding tert-OH is 6. The van der Waals surface area contributed by atoms with Crippen LogP contribution in [0.5, 0.6) is 0 Å². The van der Waals surface area contributed by atoms with Crippen molar-refractivity contribution < 1.29 is 40.1 Å². The van der Waals surface area contributed by atoms with E-state index in [1.54, 1.807) is 0 Å². The summed E-state index contributed by atoms with van der Waals surface area (Å²) in [6, 6.07) is 0. The summed E-state index contributed by atoms with van der Waals surface area (Å²) in [5, 5.41) is 55.0. The summed E-state index contributed by atoms with van der Waals surface area (Å²) in [6.07, 6.45) is -7.92. The van der Waals surface area contributed by atoms with E-state index in [0.29, 0.717) is 0 Å². The van der Waals surface area contributed by atoms with Gasteiger partial charge in [0, 0.05) is 0 Å². The van der Waals surface area contributed by atoms with Crippen LogP contribution in [-0.4, -0.2) is 87.3 Å². The van der Waals surface area contributed by atoms with Crippen molar-refractivity contribution in [3.8, 4) is 0 Å². The molecule has 1 aliphatic heterocycles. The van der Waals surface area contributed by atoms with E-state index in [1.807, 2.05) is 0 Å². The largest absolute Gasteiger partial charge is 0.394 e. The molecule has 0 spiro atoms. The first-order chi connectivity index (χ1) is 8.04. The zero-order chi connectivity index (χ0) is 13.0. The second-order valence-electron chi connectivity index (χ2n) is 3.82. The summed E-state index contributed by atoms with van der Waals surface area (Å²) in [7, 11) is 0. The van der Waals surface area contributed by atoms with Crippen molar-refractivity contribution in [1.82, 2.24) is 0 Å². The summed E-state index contributed by atoms with van der Waals surface area (Å²) in [5.41, 5.74) is 0. The highest BCUT2D eigenvalue weighted by molar-refractivity contribution is 4.89. The summed E-state index contributed by atoms with van der Waals surface area (Å²) >= 11 is 0. The zero-order valence-electron chi connectivity index (χ0n) is 9.09. The topological polar surface area (TPSA) is 140 Å². The first kappa shape index (κ1) is 14.7. The lowest BCUT2D eigenvalue weighted by atomic mass is 9.99. The molecule has 0 unspecified atom stereocenters. The Morgan fingerprint density at radius 2 is 1.53 bits per heavy atom. The molecule has 6 N–H and O–H groups in total. The minimum atomic E-state index is -1.54. The van der Waals surface area contributed by atoms with Crippen LogP contribution in [-0.2, 0) is 9.47 Å². The van der Waals surface area contributed by atoms with Crippen LogP contribution in [0, 0.1) is 0 Å². The summed E-state index contributed by atoms with van der Waals surface area (Å²) < 4.78 is 10.0. The minimum absolute atomic E-state index is 0.495. The fraction of sp³-hybridized carbons (Fsp3) is 1.00. The van der Waals surface area contributed by atoms with Crippen LogP contribution in [0.3, 0.4) is 0 Å². The molecule has 0 radical (unpaired) electrons. The average molecular weight is 254 g/mol. The fourth-order valence-electron chi connectivity index (χ4n) is 1.51. The Hall–Kier alpha value is -0.320. The van der Waals surface area contributed by atoms with Crippen LogP contribution in [0.25, 0.3) is 0 Å². The number of hydrogen-bond acceptors (Lipinski definition) is 8. The van der Waals surface area contributed by atoms with Crippen LogP contribution in [0.2, 0.25) is 0 Å². The van der Waals surface area contributed by atoms with Gasteiger partial charge in [0.05, 0.1) is 19.8 Å². The number of hydrogen-bond donors (Lipinski definition) is 6. The zero-order valence-corrected chi connectivity index (χ0v) is 9.09. The molecular formula is C9H18O8. The lowest BCUT2D eigenvalue weighted by Gasteiger charge is -2.40. The van der Waals surface area contributed by atoms with E-state index in [-0.39, 0.29) is 0 Å². The Bertz CT molecular complexity index is 217. The lowest BCUT2D eigenvalue weighted by Crippen LogP contribution is -2.60. The van der Waals surface area contributed by atoms with Crippen molar-refractivity contribution in [1.29, 1.82) is 0 Å². The van der Waals surface area contributed by atoms with Crippen LogP contribution >= 0.6 is 0 Å². The molecule has 0 amide bonds. The van der Waals surface area contributed by atoms with Gasteiger partial charge in [-0.1, -0.05) is 0 Å². The second-order valence-corrected chi connectivity index (χ2v) is 3.82. The third kappa shape index (κ3) is 3.33. The predicted octanol–water partition coefficient (Wildman–Crippen LogP) is -3.84. The minimum Gasteiger partial charge on any atom is -0.394 e. The van der Waals surface area contributed by atoms with Gasteiger partial charge in [-0.05, 0) is 0 Å². The molecule has 0 saturated carbocycles. The molecule has 0 bridgehead atoms. The molecule has 1 aliphatic rings. The van der Waals surface area contributed by atoms with Crippen molar-refractivity contribution in [3.63, 3.8) is 0 Å². The molecule has 8 heteroatoms. The third-order valence-corrected chi connectivity index (χ3v) is 2.58. The smallest absolute Gasteiger partial charge is 0.187 e. The van der Waals surface area contributed by atoms with Crippen LogP contribution < -0.4 is 0 Å². The van der Waals surface area contributed by atoms with Gasteiger partial charge in [-0.2, -0.15) is 0 Å². The molecule has 1 rings (SSSR count). The van der Waals surface area contributed by atoms with Crippen LogP contribution in [0.15, 0.2) is 0 Å². The van der Waals surface area contributed by atoms with Gasteiger partial charge < -0.3 is 40.1 Å². The van der Waals surface area contributed by atoms with Crippen molar-refractivity contribution in [2.45, 2.75) is 36.8 Å². The average Bonchev–Trinajstić information content (AvgIpc) is 2.35. The SMILES string of the molecule is OCC(CO)O[C@H]1O[C@H](CO)[C@H](O)[C@H](O)[C@H]1O. The number of rotatable bonds is 5. The Morgan fingerprint density at radius 1 is 0.941 bits per heavy atom. The Labute approximate surface area is 97.6 Å². The maximum Gasteiger partial charge on any atom is 0.187 e. The van der Waals surface area contributed by atoms with Crippen molar-refractivity contribution >= 4 is 0 Å². The van der Waals surface area contributed by atoms with E-state index in [2.05, 4.69) is 0 Å². The Balaban J connectivity index is 2.65. The van der Waals surface area contributed by atoms with Crippen LogP contribution in [0.1, 0.15) is 0 Å². The van der Waals surface area contributed by atoms with Crippen LogP contribution in [0.4, 0.5) is 0 Å². The molecule has 8 nitrogen and oxygen atoms in total. The summed E-state index contributed by atoms with van der Waals surface area (Å²) in [6.45, 7) is -1.55. The molecule has 0 aromatic carbocycles. The number of aliphatic hydroxyl groups is 6. The lowest BCUT2D eigenvalue weighted by molar-refractivity contribution is -0.315. The quantitative estimate of drug-likeness (QED) is 0.293. The first-order valence-corrected chi connectivity index (χ1v) is 5.22. The molecule has 0 aliphatic carbocycles. The molecule has 102 valence electrons. The van der Waals surface area contributed by atoms with Gasteiger partial charge in [-0.25, -0.2) is 0 Å². The maximum atomic E-state index is 9.56. The van der Waals surface area contributed by atoms with Crippen molar-refractivity contribution in [2.24, 2.45) is 0 Å². The molecule has 0 aromatic rings. The van der Waals surface area contributed by atoms with Crippen molar-refractivity contribution in [3.05, 3.63) is 0 Å². The standard InChI is InChI=1S/C9H18O8/c10-1-4(2-11)16-9-8(15)7(14)6(13)5(3-12)17-9/h4-15H,1-3H2/t5-,6+,7+,8-,9+/m1/s1. The van der Waals surface area contributed by atoms with Gasteiger partial charge in [-0.15, -0.1) is 0 Å². The van der Waals surface area contributed by atoms with Gasteiger partial charge in [-0.3, -0.25) is 0 Å². The highest BCUT2D eigenvalue weighted by Crippen LogP contribution is 2.22. The monoisotopic (exact) mass is 254 g/mol. The molecular weight excluding hydrogens is 236 g/mol. The molecule has 0 aromatic heterocycles. The van der Waals surface area contributed by atoms with Gasteiger partial charge in [0.2, 0.25) is 0 Å². The molecule has 5 atom stereocenters. The first-order valence-electron chi connectivity index (χ1n) is 5.22. The Kier molecular flexibility index (Phi) is 5.70. The predicted molar refractivity (Wildman–Crippen MR) is 52.8 cm³/mol. The van der Waals surface area contributed by atoms with Gasteiger partial charge in [0.1, 0.15) is 30.5 Å². The van der Waals surface area contributed by atoms with E-state index in [9.17, 15) is 15.3 Å². The molecule has 1 fully saturated rings. The highest BCUT2D eigenvalue weighted by atomic mass is 16.7. The van der Waals surface area contributed by atoms with Crippen molar-refractivity contribution in [2.75, 3.05) is 19.8 Å². The summed E-state index contributed by atoms with van der Waals surface area (Å²) in [4.78, 5) is 0. The maximum absolute atomic E-state index is 9.56. The van der Waals surface area contributed by atoms with E-state index in [1.165, 1.54) is 0 Å². The normalized spacial score (nSPS) is 38.6. The molecule has 17 heavy (non-hydrogen) atoms. The highest BCUT2D eigenvalue weighted by Gasteiger charge is 2.44. The third-order valence-electron chi connectivity index (χ3n) is 2.58. The van der Waals surface area contributed by atoms with Gasteiger partial charge >= 0.3 is 0 Å². The molecule has 1 saturated heterocycles. The Morgan fingerprint density at radius 3 is 2.00 bits per heavy atom. The van der Waals surface area contributed by atoms with Gasteiger partial charge in [0.25, 0.3) is 0 Å². The van der Waals surface area contributed by atoms with E-state index >= 15 is 0 Å². The van der Waals surface area contributed by atoms with E-state index in [0.717, 1.165) is 0 Å². The number of ether oxygens (including phenoxy) is 2. The fourth-order valence-corrected chi connectivity index (χ4v) is 1.51.